The number of carbonyl (C=O) groups excluding carboxylic acids is 1. The summed E-state index contributed by atoms with van der Waals surface area (Å²) in [5.41, 5.74) is -0.579. The maximum atomic E-state index is 13.4. The molecular formula is C17H13F3O3S. The van der Waals surface area contributed by atoms with Crippen LogP contribution in [0.5, 0.6) is 0 Å². The Kier molecular flexibility index (Phi) is 5.33. The van der Waals surface area contributed by atoms with E-state index in [0.29, 0.717) is 22.9 Å². The first-order valence-corrected chi connectivity index (χ1v) is 7.74. The minimum absolute atomic E-state index is 0.323. The molecule has 0 saturated heterocycles. The Labute approximate surface area is 140 Å². The molecule has 7 heteroatoms. The number of rotatable bonds is 4. The maximum Gasteiger partial charge on any atom is 0.416 e. The second-order valence-electron chi connectivity index (χ2n) is 4.99. The zero-order valence-corrected chi connectivity index (χ0v) is 13.3. The van der Waals surface area contributed by atoms with Gasteiger partial charge in [-0.3, -0.25) is 9.59 Å². The lowest BCUT2D eigenvalue weighted by atomic mass is 9.97. The average Bonchev–Trinajstić information content (AvgIpc) is 2.52. The summed E-state index contributed by atoms with van der Waals surface area (Å²) in [7, 11) is 0. The van der Waals surface area contributed by atoms with E-state index in [2.05, 4.69) is 0 Å². The van der Waals surface area contributed by atoms with E-state index in [9.17, 15) is 27.9 Å². The molecule has 0 bridgehead atoms. The molecule has 2 aromatic rings. The molecule has 0 aliphatic carbocycles. The van der Waals surface area contributed by atoms with Crippen LogP contribution in [0.1, 0.15) is 23.3 Å². The molecule has 0 saturated carbocycles. The van der Waals surface area contributed by atoms with Gasteiger partial charge in [-0.15, -0.1) is 0 Å². The van der Waals surface area contributed by atoms with Gasteiger partial charge in [-0.05, 0) is 22.8 Å². The van der Waals surface area contributed by atoms with Crippen molar-refractivity contribution in [2.75, 3.05) is 0 Å². The highest BCUT2D eigenvalue weighted by Gasteiger charge is 2.38. The largest absolute Gasteiger partial charge is 0.480 e. The van der Waals surface area contributed by atoms with E-state index in [1.165, 1.54) is 6.07 Å². The Balaban J connectivity index is 2.60. The Morgan fingerprint density at radius 3 is 2.17 bits per heavy atom. The fourth-order valence-corrected chi connectivity index (χ4v) is 3.02. The number of halogens is 3. The van der Waals surface area contributed by atoms with Gasteiger partial charge in [0.2, 0.25) is 0 Å². The minimum atomic E-state index is -4.73. The number of carbonyl (C=O) groups is 2. The summed E-state index contributed by atoms with van der Waals surface area (Å²) in [6.45, 7) is 1.12. The Hall–Kier alpha value is -2.28. The minimum Gasteiger partial charge on any atom is -0.480 e. The molecule has 0 aliphatic heterocycles. The number of thioether (sulfide) groups is 1. The third-order valence-electron chi connectivity index (χ3n) is 3.26. The lowest BCUT2D eigenvalue weighted by Gasteiger charge is -2.18. The molecule has 0 radical (unpaired) electrons. The van der Waals surface area contributed by atoms with Gasteiger partial charge in [0, 0.05) is 6.92 Å². The number of aliphatic carboxylic acids is 1. The number of alkyl halides is 3. The molecule has 0 aliphatic rings. The average molecular weight is 354 g/mol. The van der Waals surface area contributed by atoms with Gasteiger partial charge in [0.15, 0.2) is 5.12 Å². The van der Waals surface area contributed by atoms with E-state index < -0.39 is 33.6 Å². The van der Waals surface area contributed by atoms with E-state index in [-0.39, 0.29) is 0 Å². The van der Waals surface area contributed by atoms with Crippen molar-refractivity contribution in [1.29, 1.82) is 0 Å². The van der Waals surface area contributed by atoms with Gasteiger partial charge in [-0.1, -0.05) is 54.2 Å². The smallest absolute Gasteiger partial charge is 0.416 e. The van der Waals surface area contributed by atoms with Crippen LogP contribution in [0.15, 0.2) is 48.5 Å². The van der Waals surface area contributed by atoms with E-state index >= 15 is 0 Å². The van der Waals surface area contributed by atoms with Crippen LogP contribution < -0.4 is 0 Å². The maximum absolute atomic E-state index is 13.4. The predicted octanol–water partition coefficient (Wildman–Crippen LogP) is 4.78. The molecular weight excluding hydrogens is 341 g/mol. The number of carboxylic acids is 1. The molecule has 0 aromatic heterocycles. The van der Waals surface area contributed by atoms with Gasteiger partial charge in [-0.2, -0.15) is 13.2 Å². The van der Waals surface area contributed by atoms with E-state index in [4.69, 9.17) is 0 Å². The van der Waals surface area contributed by atoms with Crippen LogP contribution in [0.4, 0.5) is 13.2 Å². The summed E-state index contributed by atoms with van der Waals surface area (Å²) < 4.78 is 40.3. The summed E-state index contributed by atoms with van der Waals surface area (Å²) in [4.78, 5) is 22.5. The van der Waals surface area contributed by atoms with E-state index in [1.807, 2.05) is 0 Å². The summed E-state index contributed by atoms with van der Waals surface area (Å²) in [5.74, 6) is -1.49. The number of benzene rings is 2. The van der Waals surface area contributed by atoms with Crippen molar-refractivity contribution in [3.8, 4) is 11.1 Å². The zero-order chi connectivity index (χ0) is 17.9. The summed E-state index contributed by atoms with van der Waals surface area (Å²) in [5, 5.41) is 7.04. The third kappa shape index (κ3) is 4.17. The molecule has 0 amide bonds. The summed E-state index contributed by atoms with van der Waals surface area (Å²) in [6.07, 6.45) is -4.73. The van der Waals surface area contributed by atoms with Crippen LogP contribution in [0.2, 0.25) is 0 Å². The lowest BCUT2D eigenvalue weighted by molar-refractivity contribution is -0.140. The first-order valence-electron chi connectivity index (χ1n) is 6.86. The SMILES string of the molecule is CC(=O)SC(C(=O)O)c1ccc(-c2ccccc2)cc1C(F)(F)F. The molecule has 0 fully saturated rings. The molecule has 126 valence electrons. The van der Waals surface area contributed by atoms with Gasteiger partial charge in [0.25, 0.3) is 0 Å². The number of carboxylic acid groups (broad SMARTS) is 1. The van der Waals surface area contributed by atoms with E-state index in [0.717, 1.165) is 19.1 Å². The van der Waals surface area contributed by atoms with Gasteiger partial charge in [0.1, 0.15) is 5.25 Å². The van der Waals surface area contributed by atoms with Crippen LogP contribution in [0.25, 0.3) is 11.1 Å². The van der Waals surface area contributed by atoms with E-state index in [1.54, 1.807) is 30.3 Å². The van der Waals surface area contributed by atoms with Crippen molar-refractivity contribution in [3.05, 3.63) is 59.7 Å². The van der Waals surface area contributed by atoms with Gasteiger partial charge >= 0.3 is 12.1 Å². The molecule has 3 nitrogen and oxygen atoms in total. The Morgan fingerprint density at radius 2 is 1.67 bits per heavy atom. The zero-order valence-electron chi connectivity index (χ0n) is 12.5. The molecule has 24 heavy (non-hydrogen) atoms. The van der Waals surface area contributed by atoms with Crippen molar-refractivity contribution in [2.45, 2.75) is 18.3 Å². The molecule has 1 atom stereocenters. The monoisotopic (exact) mass is 354 g/mol. The highest BCUT2D eigenvalue weighted by Crippen LogP contribution is 2.41. The quantitative estimate of drug-likeness (QED) is 0.859. The Bertz CT molecular complexity index is 757. The fourth-order valence-electron chi connectivity index (χ4n) is 2.25. The summed E-state index contributed by atoms with van der Waals surface area (Å²) >= 11 is 0.354. The normalized spacial score (nSPS) is 12.7. The summed E-state index contributed by atoms with van der Waals surface area (Å²) in [6, 6.07) is 11.9. The molecule has 2 aromatic carbocycles. The first kappa shape index (κ1) is 18.1. The second kappa shape index (κ2) is 7.09. The van der Waals surface area contributed by atoms with Gasteiger partial charge in [0.05, 0.1) is 5.56 Å². The topological polar surface area (TPSA) is 54.4 Å². The lowest BCUT2D eigenvalue weighted by Crippen LogP contribution is -2.17. The van der Waals surface area contributed by atoms with Gasteiger partial charge in [-0.25, -0.2) is 0 Å². The van der Waals surface area contributed by atoms with Crippen molar-refractivity contribution in [1.82, 2.24) is 0 Å². The molecule has 1 unspecified atom stereocenters. The van der Waals surface area contributed by atoms with Crippen molar-refractivity contribution < 1.29 is 27.9 Å². The van der Waals surface area contributed by atoms with Crippen LogP contribution in [0.3, 0.4) is 0 Å². The number of hydrogen-bond acceptors (Lipinski definition) is 3. The molecule has 0 spiro atoms. The van der Waals surface area contributed by atoms with Crippen LogP contribution in [-0.2, 0) is 15.8 Å². The predicted molar refractivity (Wildman–Crippen MR) is 85.5 cm³/mol. The van der Waals surface area contributed by atoms with Gasteiger partial charge < -0.3 is 5.11 Å². The molecule has 0 heterocycles. The third-order valence-corrected chi connectivity index (χ3v) is 4.28. The number of hydrogen-bond donors (Lipinski definition) is 1. The van der Waals surface area contributed by atoms with Crippen LogP contribution in [-0.4, -0.2) is 16.2 Å². The molecule has 1 N–H and O–H groups in total. The highest BCUT2D eigenvalue weighted by molar-refractivity contribution is 8.14. The highest BCUT2D eigenvalue weighted by atomic mass is 32.2. The van der Waals surface area contributed by atoms with Crippen LogP contribution >= 0.6 is 11.8 Å². The standard InChI is InChI=1S/C17H13F3O3S/c1-10(21)24-15(16(22)23)13-8-7-12(9-14(13)17(18,19)20)11-5-3-2-4-6-11/h2-9,15H,1H3,(H,22,23). The first-order chi connectivity index (χ1) is 11.2. The van der Waals surface area contributed by atoms with Crippen molar-refractivity contribution in [3.63, 3.8) is 0 Å². The second-order valence-corrected chi connectivity index (χ2v) is 6.28. The molecule has 2 rings (SSSR count). The fraction of sp³-hybridized carbons (Fsp3) is 0.176. The Morgan fingerprint density at radius 1 is 1.04 bits per heavy atom. The van der Waals surface area contributed by atoms with Crippen LogP contribution in [0, 0.1) is 0 Å². The van der Waals surface area contributed by atoms with Crippen molar-refractivity contribution in [2.24, 2.45) is 0 Å². The van der Waals surface area contributed by atoms with Crippen molar-refractivity contribution >= 4 is 22.8 Å².